The molecule has 0 rings (SSSR count). The Hall–Kier alpha value is -1.35. The molecular formula is C14H28NO9P. The fourth-order valence-corrected chi connectivity index (χ4v) is 2.15. The molecule has 11 heteroatoms. The number of nitrogens with two attached hydrogens (primary N) is 1. The minimum Gasteiger partial charge on any atom is -0.434 e. The van der Waals surface area contributed by atoms with Gasteiger partial charge in [0, 0.05) is 12.8 Å². The van der Waals surface area contributed by atoms with E-state index in [1.165, 1.54) is 0 Å². The summed E-state index contributed by atoms with van der Waals surface area (Å²) in [5.41, 5.74) is 5.38. The van der Waals surface area contributed by atoms with Crippen molar-refractivity contribution in [1.82, 2.24) is 0 Å². The topological polar surface area (TPSA) is 133 Å². The highest BCUT2D eigenvalue weighted by Gasteiger charge is 2.17. The van der Waals surface area contributed by atoms with Gasteiger partial charge in [0.2, 0.25) is 0 Å². The average Bonchev–Trinajstić information content (AvgIpc) is 2.57. The van der Waals surface area contributed by atoms with Gasteiger partial charge in [-0.3, -0.25) is 9.05 Å². The van der Waals surface area contributed by atoms with Crippen LogP contribution in [0.4, 0.5) is 9.59 Å². The molecule has 148 valence electrons. The summed E-state index contributed by atoms with van der Waals surface area (Å²) in [4.78, 5) is 22.1. The first kappa shape index (κ1) is 23.6. The molecule has 0 saturated heterocycles. The third-order valence-electron chi connectivity index (χ3n) is 2.41. The van der Waals surface area contributed by atoms with E-state index in [-0.39, 0.29) is 39.3 Å². The van der Waals surface area contributed by atoms with E-state index >= 15 is 0 Å². The quantitative estimate of drug-likeness (QED) is 0.270. The molecule has 0 spiro atoms. The Balaban J connectivity index is 3.59. The van der Waals surface area contributed by atoms with Crippen LogP contribution in [0, 0.1) is 0 Å². The van der Waals surface area contributed by atoms with Crippen LogP contribution in [0.15, 0.2) is 0 Å². The van der Waals surface area contributed by atoms with Gasteiger partial charge in [-0.25, -0.2) is 19.7 Å². The SMILES string of the molecule is CCCOC(=O)OCCCOP(N)(=O)OCCCOC(=O)OCCC. The van der Waals surface area contributed by atoms with Gasteiger partial charge in [0.15, 0.2) is 0 Å². The maximum atomic E-state index is 11.8. The molecule has 0 unspecified atom stereocenters. The fourth-order valence-electron chi connectivity index (χ4n) is 1.30. The molecule has 10 nitrogen and oxygen atoms in total. The molecular weight excluding hydrogens is 357 g/mol. The average molecular weight is 385 g/mol. The van der Waals surface area contributed by atoms with Crippen LogP contribution in [-0.2, 0) is 32.6 Å². The minimum atomic E-state index is -3.70. The van der Waals surface area contributed by atoms with Gasteiger partial charge in [-0.15, -0.1) is 0 Å². The van der Waals surface area contributed by atoms with E-state index in [1.807, 2.05) is 13.8 Å². The Bertz CT molecular complexity index is 385. The summed E-state index contributed by atoms with van der Waals surface area (Å²) in [6, 6.07) is 0. The van der Waals surface area contributed by atoms with Crippen LogP contribution >= 0.6 is 7.75 Å². The summed E-state index contributed by atoms with van der Waals surface area (Å²) in [7, 11) is -3.70. The number of rotatable bonds is 14. The van der Waals surface area contributed by atoms with Crippen LogP contribution in [0.5, 0.6) is 0 Å². The first-order valence-corrected chi connectivity index (χ1v) is 9.79. The Morgan fingerprint density at radius 3 is 1.44 bits per heavy atom. The predicted octanol–water partition coefficient (Wildman–Crippen LogP) is 2.99. The zero-order valence-corrected chi connectivity index (χ0v) is 15.7. The molecule has 2 N–H and O–H groups in total. The second kappa shape index (κ2) is 14.9. The van der Waals surface area contributed by atoms with Crippen LogP contribution in [0.3, 0.4) is 0 Å². The largest absolute Gasteiger partial charge is 0.508 e. The standard InChI is InChI=1S/C14H28NO9P/c1-3-7-19-13(16)21-9-5-11-23-25(15,18)24-12-6-10-22-14(17)20-8-4-2/h3-12H2,1-2H3,(H2,15,18). The molecule has 0 bridgehead atoms. The molecule has 0 fully saturated rings. The molecule has 25 heavy (non-hydrogen) atoms. The zero-order chi connectivity index (χ0) is 19.0. The Morgan fingerprint density at radius 2 is 1.08 bits per heavy atom. The van der Waals surface area contributed by atoms with Crippen molar-refractivity contribution < 1.29 is 42.1 Å². The summed E-state index contributed by atoms with van der Waals surface area (Å²) < 4.78 is 40.5. The van der Waals surface area contributed by atoms with Crippen molar-refractivity contribution in [3.63, 3.8) is 0 Å². The maximum absolute atomic E-state index is 11.8. The van der Waals surface area contributed by atoms with Crippen LogP contribution in [-0.4, -0.2) is 52.0 Å². The van der Waals surface area contributed by atoms with E-state index in [9.17, 15) is 14.2 Å². The summed E-state index contributed by atoms with van der Waals surface area (Å²) in [5.74, 6) is 0. The Kier molecular flexibility index (Phi) is 14.1. The first-order chi connectivity index (χ1) is 11.9. The van der Waals surface area contributed by atoms with Gasteiger partial charge >= 0.3 is 20.1 Å². The normalized spacial score (nSPS) is 11.0. The van der Waals surface area contributed by atoms with E-state index in [1.54, 1.807) is 0 Å². The lowest BCUT2D eigenvalue weighted by Crippen LogP contribution is -2.12. The van der Waals surface area contributed by atoms with Gasteiger partial charge in [0.05, 0.1) is 39.6 Å². The van der Waals surface area contributed by atoms with Gasteiger partial charge in [0.1, 0.15) is 0 Å². The van der Waals surface area contributed by atoms with E-state index in [0.717, 1.165) is 0 Å². The second-order valence-electron chi connectivity index (χ2n) is 4.81. The zero-order valence-electron chi connectivity index (χ0n) is 14.8. The Morgan fingerprint density at radius 1 is 0.720 bits per heavy atom. The minimum absolute atomic E-state index is 0.00528. The molecule has 0 aromatic carbocycles. The second-order valence-corrected chi connectivity index (χ2v) is 6.40. The van der Waals surface area contributed by atoms with Crippen molar-refractivity contribution in [2.75, 3.05) is 39.6 Å². The van der Waals surface area contributed by atoms with Crippen molar-refractivity contribution in [1.29, 1.82) is 0 Å². The summed E-state index contributed by atoms with van der Waals surface area (Å²) in [5, 5.41) is 0. The summed E-state index contributed by atoms with van der Waals surface area (Å²) in [6.45, 7) is 4.41. The molecule has 0 aliphatic heterocycles. The monoisotopic (exact) mass is 385 g/mol. The molecule has 0 aromatic heterocycles. The van der Waals surface area contributed by atoms with Crippen molar-refractivity contribution in [2.24, 2.45) is 5.50 Å². The van der Waals surface area contributed by atoms with E-state index in [4.69, 9.17) is 33.5 Å². The number of hydrogen-bond donors (Lipinski definition) is 1. The summed E-state index contributed by atoms with van der Waals surface area (Å²) in [6.07, 6.45) is 0.474. The lowest BCUT2D eigenvalue weighted by Gasteiger charge is -2.13. The molecule has 0 radical (unpaired) electrons. The van der Waals surface area contributed by atoms with Crippen molar-refractivity contribution in [3.8, 4) is 0 Å². The van der Waals surface area contributed by atoms with E-state index < -0.39 is 20.1 Å². The number of carbonyl (C=O) groups excluding carboxylic acids is 2. The maximum Gasteiger partial charge on any atom is 0.508 e. The number of hydrogen-bond acceptors (Lipinski definition) is 9. The van der Waals surface area contributed by atoms with Gasteiger partial charge in [-0.2, -0.15) is 0 Å². The smallest absolute Gasteiger partial charge is 0.434 e. The van der Waals surface area contributed by atoms with Crippen molar-refractivity contribution in [2.45, 2.75) is 39.5 Å². The molecule has 0 atom stereocenters. The molecule has 0 amide bonds. The van der Waals surface area contributed by atoms with Crippen molar-refractivity contribution in [3.05, 3.63) is 0 Å². The fraction of sp³-hybridized carbons (Fsp3) is 0.857. The van der Waals surface area contributed by atoms with Crippen molar-refractivity contribution >= 4 is 20.1 Å². The Labute approximate surface area is 147 Å². The van der Waals surface area contributed by atoms with Gasteiger partial charge in [-0.05, 0) is 12.8 Å². The number of carbonyl (C=O) groups is 2. The van der Waals surface area contributed by atoms with Gasteiger partial charge < -0.3 is 18.9 Å². The molecule has 0 heterocycles. The van der Waals surface area contributed by atoms with Crippen LogP contribution in [0.1, 0.15) is 39.5 Å². The molecule has 0 aromatic rings. The highest BCUT2D eigenvalue weighted by molar-refractivity contribution is 7.51. The molecule has 0 aliphatic rings. The predicted molar refractivity (Wildman–Crippen MR) is 88.1 cm³/mol. The van der Waals surface area contributed by atoms with Gasteiger partial charge in [0.25, 0.3) is 0 Å². The summed E-state index contributed by atoms with van der Waals surface area (Å²) >= 11 is 0. The third kappa shape index (κ3) is 15.9. The first-order valence-electron chi connectivity index (χ1n) is 8.18. The number of ether oxygens (including phenoxy) is 4. The van der Waals surface area contributed by atoms with Crippen LogP contribution in [0.2, 0.25) is 0 Å². The van der Waals surface area contributed by atoms with Crippen LogP contribution < -0.4 is 5.50 Å². The van der Waals surface area contributed by atoms with E-state index in [0.29, 0.717) is 26.1 Å². The van der Waals surface area contributed by atoms with E-state index in [2.05, 4.69) is 0 Å². The van der Waals surface area contributed by atoms with Crippen LogP contribution in [0.25, 0.3) is 0 Å². The lowest BCUT2D eigenvalue weighted by molar-refractivity contribution is 0.0508. The highest BCUT2D eigenvalue weighted by atomic mass is 31.2. The highest BCUT2D eigenvalue weighted by Crippen LogP contribution is 2.38. The lowest BCUT2D eigenvalue weighted by atomic mass is 10.5. The third-order valence-corrected chi connectivity index (χ3v) is 3.49. The van der Waals surface area contributed by atoms with Gasteiger partial charge in [-0.1, -0.05) is 13.8 Å². The molecule has 0 saturated carbocycles. The molecule has 0 aliphatic carbocycles.